The lowest BCUT2D eigenvalue weighted by Gasteiger charge is -2.21. The third kappa shape index (κ3) is 9.51. The molecule has 0 N–H and O–H groups in total. The molecule has 0 aliphatic heterocycles. The molecular formula is C14H21NO7. The van der Waals surface area contributed by atoms with E-state index >= 15 is 0 Å². The summed E-state index contributed by atoms with van der Waals surface area (Å²) in [4.78, 5) is 46.2. The minimum Gasteiger partial charge on any atom is -0.463 e. The number of ether oxygens (including phenoxy) is 3. The zero-order valence-corrected chi connectivity index (χ0v) is 13.4. The molecule has 8 nitrogen and oxygen atoms in total. The highest BCUT2D eigenvalue weighted by Gasteiger charge is 2.21. The van der Waals surface area contributed by atoms with E-state index < -0.39 is 29.6 Å². The molecule has 0 fully saturated rings. The van der Waals surface area contributed by atoms with Crippen LogP contribution in [0.5, 0.6) is 0 Å². The average Bonchev–Trinajstić information content (AvgIpc) is 2.34. The maximum absolute atomic E-state index is 11.5. The van der Waals surface area contributed by atoms with Gasteiger partial charge in [-0.1, -0.05) is 0 Å². The van der Waals surface area contributed by atoms with Gasteiger partial charge in [0.05, 0.1) is 6.61 Å². The van der Waals surface area contributed by atoms with E-state index in [-0.39, 0.29) is 13.2 Å². The molecule has 22 heavy (non-hydrogen) atoms. The number of hydrogen-bond donors (Lipinski definition) is 0. The van der Waals surface area contributed by atoms with Gasteiger partial charge in [-0.3, -0.25) is 9.69 Å². The highest BCUT2D eigenvalue weighted by molar-refractivity contribution is 5.96. The summed E-state index contributed by atoms with van der Waals surface area (Å²) in [6.45, 7) is 6.47. The van der Waals surface area contributed by atoms with E-state index in [0.29, 0.717) is 0 Å². The van der Waals surface area contributed by atoms with Crippen molar-refractivity contribution in [1.82, 2.24) is 4.90 Å². The highest BCUT2D eigenvalue weighted by atomic mass is 16.6. The molecule has 0 heterocycles. The molecule has 0 saturated heterocycles. The van der Waals surface area contributed by atoms with Gasteiger partial charge < -0.3 is 14.2 Å². The van der Waals surface area contributed by atoms with Gasteiger partial charge in [-0.05, 0) is 27.7 Å². The number of rotatable bonds is 5. The van der Waals surface area contributed by atoms with Crippen molar-refractivity contribution in [3.05, 3.63) is 12.2 Å². The fourth-order valence-corrected chi connectivity index (χ4v) is 1.16. The molecule has 0 atom stereocenters. The van der Waals surface area contributed by atoms with Gasteiger partial charge in [0.2, 0.25) is 0 Å². The van der Waals surface area contributed by atoms with E-state index in [1.165, 1.54) is 7.05 Å². The van der Waals surface area contributed by atoms with Gasteiger partial charge in [0.1, 0.15) is 12.1 Å². The lowest BCUT2D eigenvalue weighted by molar-refractivity contribution is -0.156. The molecule has 0 unspecified atom stereocenters. The number of amides is 1. The van der Waals surface area contributed by atoms with Gasteiger partial charge in [-0.15, -0.1) is 0 Å². The van der Waals surface area contributed by atoms with Crippen molar-refractivity contribution >= 4 is 24.0 Å². The zero-order chi connectivity index (χ0) is 17.3. The summed E-state index contributed by atoms with van der Waals surface area (Å²) < 4.78 is 14.0. The van der Waals surface area contributed by atoms with Crippen LogP contribution in [0.2, 0.25) is 0 Å². The highest BCUT2D eigenvalue weighted by Crippen LogP contribution is 2.07. The average molecular weight is 315 g/mol. The van der Waals surface area contributed by atoms with Gasteiger partial charge >= 0.3 is 24.0 Å². The van der Waals surface area contributed by atoms with Gasteiger partial charge in [-0.2, -0.15) is 0 Å². The Labute approximate surface area is 129 Å². The number of esters is 3. The Bertz CT molecular complexity index is 462. The molecule has 0 saturated carbocycles. The normalized spacial score (nSPS) is 11.0. The monoisotopic (exact) mass is 315 g/mol. The molecule has 0 aliphatic rings. The topological polar surface area (TPSA) is 99.2 Å². The Kier molecular flexibility index (Phi) is 7.85. The van der Waals surface area contributed by atoms with Crippen LogP contribution in [0.25, 0.3) is 0 Å². The molecule has 1 amide bonds. The third-order valence-electron chi connectivity index (χ3n) is 1.93. The third-order valence-corrected chi connectivity index (χ3v) is 1.93. The van der Waals surface area contributed by atoms with Crippen LogP contribution < -0.4 is 0 Å². The fraction of sp³-hybridized carbons (Fsp3) is 0.571. The summed E-state index contributed by atoms with van der Waals surface area (Å²) in [5.41, 5.74) is -0.681. The SMILES string of the molecule is CCOC(=O)/C=C/C(=O)OC(=O)N(C)CC(=O)OC(C)(C)C. The maximum atomic E-state index is 11.5. The first-order valence-electron chi connectivity index (χ1n) is 6.58. The number of likely N-dealkylation sites (N-methyl/N-ethyl adjacent to an activating group) is 1. The first-order valence-corrected chi connectivity index (χ1v) is 6.58. The van der Waals surface area contributed by atoms with E-state index in [9.17, 15) is 19.2 Å². The molecule has 124 valence electrons. The lowest BCUT2D eigenvalue weighted by Crippen LogP contribution is -2.37. The number of nitrogens with zero attached hydrogens (tertiary/aromatic N) is 1. The first kappa shape index (κ1) is 19.6. The fourth-order valence-electron chi connectivity index (χ4n) is 1.16. The van der Waals surface area contributed by atoms with E-state index in [1.54, 1.807) is 27.7 Å². The van der Waals surface area contributed by atoms with E-state index in [1.807, 2.05) is 0 Å². The van der Waals surface area contributed by atoms with Crippen molar-refractivity contribution in [1.29, 1.82) is 0 Å². The first-order chi connectivity index (χ1) is 10.0. The summed E-state index contributed by atoms with van der Waals surface area (Å²) in [6, 6.07) is 0. The maximum Gasteiger partial charge on any atom is 0.418 e. The summed E-state index contributed by atoms with van der Waals surface area (Å²) in [6.07, 6.45) is 0.564. The Hall–Kier alpha value is -2.38. The molecule has 0 spiro atoms. The summed E-state index contributed by atoms with van der Waals surface area (Å²) in [5.74, 6) is -2.41. The van der Waals surface area contributed by atoms with Crippen LogP contribution in [0, 0.1) is 0 Å². The van der Waals surface area contributed by atoms with Gasteiger partial charge in [-0.25, -0.2) is 14.4 Å². The number of carbonyl (C=O) groups excluding carboxylic acids is 4. The van der Waals surface area contributed by atoms with Crippen molar-refractivity contribution in [3.63, 3.8) is 0 Å². The minimum atomic E-state index is -1.05. The van der Waals surface area contributed by atoms with E-state index in [0.717, 1.165) is 17.1 Å². The predicted molar refractivity (Wildman–Crippen MR) is 75.7 cm³/mol. The van der Waals surface area contributed by atoms with Crippen molar-refractivity contribution in [3.8, 4) is 0 Å². The standard InChI is InChI=1S/C14H21NO7/c1-6-20-10(16)7-8-11(17)21-13(19)15(5)9-12(18)22-14(2,3)4/h7-8H,6,9H2,1-5H3/b8-7+. The lowest BCUT2D eigenvalue weighted by atomic mass is 10.2. The second-order valence-corrected chi connectivity index (χ2v) is 5.21. The Balaban J connectivity index is 4.33. The number of carbonyl (C=O) groups is 4. The molecule has 0 rings (SSSR count). The van der Waals surface area contributed by atoms with E-state index in [2.05, 4.69) is 9.47 Å². The second kappa shape index (κ2) is 8.81. The molecule has 0 aliphatic carbocycles. The minimum absolute atomic E-state index is 0.162. The Morgan fingerprint density at radius 3 is 2.09 bits per heavy atom. The van der Waals surface area contributed by atoms with Gasteiger partial charge in [0.25, 0.3) is 0 Å². The van der Waals surface area contributed by atoms with Crippen LogP contribution in [-0.4, -0.2) is 54.7 Å². The molecule has 0 aromatic carbocycles. The zero-order valence-electron chi connectivity index (χ0n) is 13.4. The van der Waals surface area contributed by atoms with Crippen molar-refractivity contribution < 1.29 is 33.4 Å². The Morgan fingerprint density at radius 2 is 1.59 bits per heavy atom. The van der Waals surface area contributed by atoms with Crippen molar-refractivity contribution in [2.24, 2.45) is 0 Å². The second-order valence-electron chi connectivity index (χ2n) is 5.21. The quantitative estimate of drug-likeness (QED) is 0.323. The summed E-state index contributed by atoms with van der Waals surface area (Å²) in [7, 11) is 1.27. The number of hydrogen-bond acceptors (Lipinski definition) is 7. The summed E-state index contributed by atoms with van der Waals surface area (Å²) in [5, 5.41) is 0. The molecule has 0 aromatic heterocycles. The Morgan fingerprint density at radius 1 is 1.05 bits per heavy atom. The van der Waals surface area contributed by atoms with Crippen molar-refractivity contribution in [2.75, 3.05) is 20.2 Å². The van der Waals surface area contributed by atoms with Gasteiger partial charge in [0.15, 0.2) is 0 Å². The van der Waals surface area contributed by atoms with Crippen LogP contribution in [-0.2, 0) is 28.6 Å². The predicted octanol–water partition coefficient (Wildman–Crippen LogP) is 1.04. The van der Waals surface area contributed by atoms with Crippen LogP contribution in [0.15, 0.2) is 12.2 Å². The van der Waals surface area contributed by atoms with Crippen LogP contribution >= 0.6 is 0 Å². The summed E-state index contributed by atoms with van der Waals surface area (Å²) >= 11 is 0. The molecule has 8 heteroatoms. The molecule has 0 aromatic rings. The molecule has 0 bridgehead atoms. The molecule has 0 radical (unpaired) electrons. The van der Waals surface area contributed by atoms with Gasteiger partial charge in [0, 0.05) is 19.2 Å². The van der Waals surface area contributed by atoms with Crippen LogP contribution in [0.4, 0.5) is 4.79 Å². The van der Waals surface area contributed by atoms with Crippen LogP contribution in [0.1, 0.15) is 27.7 Å². The van der Waals surface area contributed by atoms with Crippen LogP contribution in [0.3, 0.4) is 0 Å². The van der Waals surface area contributed by atoms with Crippen molar-refractivity contribution in [2.45, 2.75) is 33.3 Å². The molecular weight excluding hydrogens is 294 g/mol. The van der Waals surface area contributed by atoms with E-state index in [4.69, 9.17) is 4.74 Å². The largest absolute Gasteiger partial charge is 0.463 e. The smallest absolute Gasteiger partial charge is 0.418 e.